The second kappa shape index (κ2) is 2.54. The molecule has 3 nitrogen and oxygen atoms in total. The molecular formula is C13H13NO2. The van der Waals surface area contributed by atoms with Crippen molar-refractivity contribution in [1.29, 1.82) is 0 Å². The zero-order valence-electron chi connectivity index (χ0n) is 9.33. The summed E-state index contributed by atoms with van der Waals surface area (Å²) in [6.45, 7) is 3.94. The van der Waals surface area contributed by atoms with Crippen molar-refractivity contribution in [2.45, 2.75) is 20.3 Å². The molecule has 0 radical (unpaired) electrons. The van der Waals surface area contributed by atoms with Gasteiger partial charge in [0.25, 0.3) is 0 Å². The minimum absolute atomic E-state index is 0.0168. The van der Waals surface area contributed by atoms with Crippen LogP contribution >= 0.6 is 0 Å². The fraction of sp³-hybridized carbons (Fsp3) is 0.385. The second-order valence-corrected chi connectivity index (χ2v) is 5.29. The van der Waals surface area contributed by atoms with Crippen molar-refractivity contribution >= 4 is 17.4 Å². The van der Waals surface area contributed by atoms with Crippen LogP contribution in [0.3, 0.4) is 0 Å². The third-order valence-electron chi connectivity index (χ3n) is 3.93. The monoisotopic (exact) mass is 215 g/mol. The van der Waals surface area contributed by atoms with E-state index in [0.717, 1.165) is 0 Å². The van der Waals surface area contributed by atoms with Gasteiger partial charge in [0.05, 0.1) is 5.69 Å². The lowest BCUT2D eigenvalue weighted by molar-refractivity contribution is -0.120. The Hall–Kier alpha value is -1.64. The van der Waals surface area contributed by atoms with Gasteiger partial charge in [0.15, 0.2) is 5.78 Å². The van der Waals surface area contributed by atoms with Gasteiger partial charge >= 0.3 is 0 Å². The van der Waals surface area contributed by atoms with Crippen LogP contribution in [0, 0.1) is 10.8 Å². The average molecular weight is 215 g/mol. The highest BCUT2D eigenvalue weighted by Gasteiger charge is 2.72. The molecular weight excluding hydrogens is 202 g/mol. The number of rotatable bonds is 0. The SMILES string of the molecule is CC1(C)CC12C(=O)Nc1ccccc1C2=O. The summed E-state index contributed by atoms with van der Waals surface area (Å²) in [5, 5.41) is 2.84. The van der Waals surface area contributed by atoms with Crippen molar-refractivity contribution in [3.63, 3.8) is 0 Å². The third kappa shape index (κ3) is 0.889. The number of benzene rings is 1. The van der Waals surface area contributed by atoms with E-state index in [1.807, 2.05) is 26.0 Å². The molecule has 1 saturated carbocycles. The van der Waals surface area contributed by atoms with Crippen molar-refractivity contribution < 1.29 is 9.59 Å². The summed E-state index contributed by atoms with van der Waals surface area (Å²) in [5.74, 6) is -0.155. The van der Waals surface area contributed by atoms with E-state index in [1.165, 1.54) is 0 Å². The zero-order valence-corrected chi connectivity index (χ0v) is 9.33. The summed E-state index contributed by atoms with van der Waals surface area (Å²) in [7, 11) is 0. The van der Waals surface area contributed by atoms with E-state index >= 15 is 0 Å². The normalized spacial score (nSPS) is 29.9. The van der Waals surface area contributed by atoms with E-state index in [2.05, 4.69) is 5.32 Å². The fourth-order valence-electron chi connectivity index (χ4n) is 2.75. The van der Waals surface area contributed by atoms with Gasteiger partial charge in [-0.2, -0.15) is 0 Å². The van der Waals surface area contributed by atoms with Crippen LogP contribution in [0.1, 0.15) is 30.6 Å². The Kier molecular flexibility index (Phi) is 1.52. The minimum atomic E-state index is -0.804. The summed E-state index contributed by atoms with van der Waals surface area (Å²) < 4.78 is 0. The molecule has 0 saturated heterocycles. The van der Waals surface area contributed by atoms with Gasteiger partial charge in [0.2, 0.25) is 5.91 Å². The molecule has 0 bridgehead atoms. The molecule has 1 heterocycles. The van der Waals surface area contributed by atoms with E-state index in [4.69, 9.17) is 0 Å². The van der Waals surface area contributed by atoms with Crippen molar-refractivity contribution in [1.82, 2.24) is 0 Å². The molecule has 1 unspecified atom stereocenters. The predicted octanol–water partition coefficient (Wildman–Crippen LogP) is 2.24. The highest BCUT2D eigenvalue weighted by atomic mass is 16.2. The molecule has 82 valence electrons. The number of carbonyl (C=O) groups is 2. The summed E-state index contributed by atoms with van der Waals surface area (Å²) in [5.41, 5.74) is 0.279. The number of amides is 1. The van der Waals surface area contributed by atoms with Crippen molar-refractivity contribution in [3.8, 4) is 0 Å². The van der Waals surface area contributed by atoms with E-state index in [0.29, 0.717) is 17.7 Å². The summed E-state index contributed by atoms with van der Waals surface area (Å²) in [4.78, 5) is 24.4. The molecule has 1 amide bonds. The Morgan fingerprint density at radius 3 is 2.44 bits per heavy atom. The predicted molar refractivity (Wildman–Crippen MR) is 60.2 cm³/mol. The summed E-state index contributed by atoms with van der Waals surface area (Å²) in [6, 6.07) is 7.21. The quantitative estimate of drug-likeness (QED) is 0.674. The van der Waals surface area contributed by atoms with Gasteiger partial charge in [-0.15, -0.1) is 0 Å². The topological polar surface area (TPSA) is 46.2 Å². The first-order chi connectivity index (χ1) is 7.49. The van der Waals surface area contributed by atoms with Crippen LogP contribution in [-0.2, 0) is 4.79 Å². The third-order valence-corrected chi connectivity index (χ3v) is 3.93. The van der Waals surface area contributed by atoms with Gasteiger partial charge in [-0.3, -0.25) is 9.59 Å². The maximum atomic E-state index is 12.4. The number of anilines is 1. The van der Waals surface area contributed by atoms with E-state index in [1.54, 1.807) is 12.1 Å². The highest BCUT2D eigenvalue weighted by molar-refractivity contribution is 6.26. The van der Waals surface area contributed by atoms with Gasteiger partial charge in [-0.05, 0) is 24.0 Å². The molecule has 16 heavy (non-hydrogen) atoms. The second-order valence-electron chi connectivity index (χ2n) is 5.29. The van der Waals surface area contributed by atoms with Crippen molar-refractivity contribution in [3.05, 3.63) is 29.8 Å². The Bertz CT molecular complexity index is 518. The van der Waals surface area contributed by atoms with Crippen LogP contribution in [-0.4, -0.2) is 11.7 Å². The zero-order chi connectivity index (χ0) is 11.6. The standard InChI is InChI=1S/C13H13NO2/c1-12(2)7-13(12)10(15)8-5-3-4-6-9(8)14-11(13)16/h3-6H,7H2,1-2H3,(H,14,16). The highest BCUT2D eigenvalue weighted by Crippen LogP contribution is 2.66. The van der Waals surface area contributed by atoms with E-state index in [-0.39, 0.29) is 17.1 Å². The lowest BCUT2D eigenvalue weighted by atomic mass is 9.83. The number of para-hydroxylation sites is 1. The van der Waals surface area contributed by atoms with E-state index in [9.17, 15) is 9.59 Å². The first-order valence-corrected chi connectivity index (χ1v) is 5.44. The van der Waals surface area contributed by atoms with Gasteiger partial charge in [0.1, 0.15) is 5.41 Å². The summed E-state index contributed by atoms with van der Waals surface area (Å²) >= 11 is 0. The molecule has 2 aliphatic rings. The lowest BCUT2D eigenvalue weighted by Gasteiger charge is -2.25. The Labute approximate surface area is 93.8 Å². The maximum absolute atomic E-state index is 12.4. The van der Waals surface area contributed by atoms with Gasteiger partial charge < -0.3 is 5.32 Å². The van der Waals surface area contributed by atoms with Crippen molar-refractivity contribution in [2.24, 2.45) is 10.8 Å². The van der Waals surface area contributed by atoms with Gasteiger partial charge in [-0.1, -0.05) is 26.0 Å². The molecule has 1 aromatic rings. The number of Topliss-reactive ketones (excluding diaryl/α,β-unsaturated/α-hetero) is 1. The van der Waals surface area contributed by atoms with Crippen molar-refractivity contribution in [2.75, 3.05) is 5.32 Å². The first kappa shape index (κ1) is 9.58. The Balaban J connectivity index is 2.17. The van der Waals surface area contributed by atoms with Crippen LogP contribution in [0.4, 0.5) is 5.69 Å². The lowest BCUT2D eigenvalue weighted by Crippen LogP contribution is -2.40. The van der Waals surface area contributed by atoms with Crippen LogP contribution in [0.25, 0.3) is 0 Å². The molecule has 1 aliphatic carbocycles. The average Bonchev–Trinajstić information content (AvgIpc) is 2.81. The number of nitrogens with one attached hydrogen (secondary N) is 1. The molecule has 1 N–H and O–H groups in total. The number of hydrogen-bond donors (Lipinski definition) is 1. The largest absolute Gasteiger partial charge is 0.325 e. The van der Waals surface area contributed by atoms with E-state index < -0.39 is 5.41 Å². The molecule has 3 rings (SSSR count). The van der Waals surface area contributed by atoms with Crippen LogP contribution in [0.5, 0.6) is 0 Å². The Morgan fingerprint density at radius 1 is 1.19 bits per heavy atom. The van der Waals surface area contributed by atoms with Gasteiger partial charge in [-0.25, -0.2) is 0 Å². The van der Waals surface area contributed by atoms with Crippen LogP contribution in [0.2, 0.25) is 0 Å². The molecule has 0 aromatic heterocycles. The fourth-order valence-corrected chi connectivity index (χ4v) is 2.75. The number of ketones is 1. The van der Waals surface area contributed by atoms with Gasteiger partial charge in [0, 0.05) is 5.56 Å². The molecule has 1 aromatic carbocycles. The number of fused-ring (bicyclic) bond motifs is 1. The molecule has 1 atom stereocenters. The molecule has 1 aliphatic heterocycles. The molecule has 1 spiro atoms. The number of hydrogen-bond acceptors (Lipinski definition) is 2. The van der Waals surface area contributed by atoms with Crippen LogP contribution in [0.15, 0.2) is 24.3 Å². The molecule has 1 fully saturated rings. The Morgan fingerprint density at radius 2 is 1.81 bits per heavy atom. The minimum Gasteiger partial charge on any atom is -0.325 e. The number of carbonyl (C=O) groups excluding carboxylic acids is 2. The first-order valence-electron chi connectivity index (χ1n) is 5.44. The van der Waals surface area contributed by atoms with Crippen LogP contribution < -0.4 is 5.32 Å². The summed E-state index contributed by atoms with van der Waals surface area (Å²) in [6.07, 6.45) is 0.652. The maximum Gasteiger partial charge on any atom is 0.239 e. The smallest absolute Gasteiger partial charge is 0.239 e. The molecule has 3 heteroatoms.